The van der Waals surface area contributed by atoms with Crippen LogP contribution in [0.1, 0.15) is 31.2 Å². The maximum atomic E-state index is 11.8. The lowest BCUT2D eigenvalue weighted by atomic mass is 10.2. The first-order valence-electron chi connectivity index (χ1n) is 6.90. The smallest absolute Gasteiger partial charge is 0.224 e. The molecule has 0 unspecified atom stereocenters. The van der Waals surface area contributed by atoms with Crippen LogP contribution in [-0.2, 0) is 9.59 Å². The molecule has 0 spiro atoms. The lowest BCUT2D eigenvalue weighted by Crippen LogP contribution is -2.26. The summed E-state index contributed by atoms with van der Waals surface area (Å²) in [4.78, 5) is 23.2. The highest BCUT2D eigenvalue weighted by atomic mass is 35.5. The Hall–Kier alpha value is -1.55. The van der Waals surface area contributed by atoms with Crippen LogP contribution in [0, 0.1) is 12.8 Å². The van der Waals surface area contributed by atoms with Gasteiger partial charge in [0.2, 0.25) is 11.8 Å². The number of nitrogens with one attached hydrogen (secondary N) is 2. The van der Waals surface area contributed by atoms with Gasteiger partial charge < -0.3 is 10.6 Å². The topological polar surface area (TPSA) is 58.2 Å². The van der Waals surface area contributed by atoms with Gasteiger partial charge in [-0.25, -0.2) is 0 Å². The van der Waals surface area contributed by atoms with E-state index in [-0.39, 0.29) is 17.7 Å². The lowest BCUT2D eigenvalue weighted by molar-refractivity contribution is -0.122. The molecule has 1 aliphatic carbocycles. The Labute approximate surface area is 123 Å². The first kappa shape index (κ1) is 14.9. The third kappa shape index (κ3) is 4.53. The number of carbonyl (C=O) groups is 2. The van der Waals surface area contributed by atoms with Gasteiger partial charge in [0.25, 0.3) is 0 Å². The summed E-state index contributed by atoms with van der Waals surface area (Å²) in [7, 11) is 0. The maximum absolute atomic E-state index is 11.8. The maximum Gasteiger partial charge on any atom is 0.224 e. The second-order valence-electron chi connectivity index (χ2n) is 5.18. The van der Waals surface area contributed by atoms with Gasteiger partial charge in [0.05, 0.1) is 0 Å². The van der Waals surface area contributed by atoms with Crippen molar-refractivity contribution in [1.82, 2.24) is 5.32 Å². The Morgan fingerprint density at radius 3 is 2.80 bits per heavy atom. The number of aryl methyl sites for hydroxylation is 1. The van der Waals surface area contributed by atoms with E-state index in [4.69, 9.17) is 11.6 Å². The van der Waals surface area contributed by atoms with E-state index >= 15 is 0 Å². The summed E-state index contributed by atoms with van der Waals surface area (Å²) >= 11 is 5.90. The molecule has 1 saturated carbocycles. The zero-order valence-corrected chi connectivity index (χ0v) is 12.3. The number of hydrogen-bond donors (Lipinski definition) is 2. The zero-order chi connectivity index (χ0) is 14.5. The minimum Gasteiger partial charge on any atom is -0.356 e. The fraction of sp³-hybridized carbons (Fsp3) is 0.467. The molecule has 4 nitrogen and oxygen atoms in total. The van der Waals surface area contributed by atoms with Crippen LogP contribution in [0.15, 0.2) is 18.2 Å². The summed E-state index contributed by atoms with van der Waals surface area (Å²) in [5, 5.41) is 6.28. The second-order valence-corrected chi connectivity index (χ2v) is 5.61. The molecule has 1 aromatic rings. The number of hydrogen-bond acceptors (Lipinski definition) is 2. The van der Waals surface area contributed by atoms with E-state index < -0.39 is 0 Å². The fourth-order valence-electron chi connectivity index (χ4n) is 1.89. The average molecular weight is 295 g/mol. The highest BCUT2D eigenvalue weighted by Crippen LogP contribution is 2.28. The summed E-state index contributed by atoms with van der Waals surface area (Å²) in [5.41, 5.74) is 1.72. The van der Waals surface area contributed by atoms with E-state index in [0.717, 1.165) is 24.1 Å². The SMILES string of the molecule is Cc1ccc(Cl)cc1NC(=O)CCCNC(=O)C1CC1. The van der Waals surface area contributed by atoms with Crippen LogP contribution in [0.2, 0.25) is 5.02 Å². The van der Waals surface area contributed by atoms with Gasteiger partial charge in [-0.3, -0.25) is 9.59 Å². The normalized spacial score (nSPS) is 13.9. The lowest BCUT2D eigenvalue weighted by Gasteiger charge is -2.09. The Bertz CT molecular complexity index is 513. The van der Waals surface area contributed by atoms with Gasteiger partial charge in [-0.15, -0.1) is 0 Å². The van der Waals surface area contributed by atoms with Gasteiger partial charge in [-0.1, -0.05) is 17.7 Å². The highest BCUT2D eigenvalue weighted by Gasteiger charge is 2.28. The molecule has 0 aliphatic heterocycles. The van der Waals surface area contributed by atoms with Crippen LogP contribution in [-0.4, -0.2) is 18.4 Å². The van der Waals surface area contributed by atoms with Crippen molar-refractivity contribution >= 4 is 29.1 Å². The Morgan fingerprint density at radius 2 is 2.10 bits per heavy atom. The van der Waals surface area contributed by atoms with Gasteiger partial charge in [-0.2, -0.15) is 0 Å². The molecule has 0 aromatic heterocycles. The summed E-state index contributed by atoms with van der Waals surface area (Å²) < 4.78 is 0. The molecular weight excluding hydrogens is 276 g/mol. The van der Waals surface area contributed by atoms with Crippen molar-refractivity contribution in [3.05, 3.63) is 28.8 Å². The van der Waals surface area contributed by atoms with Crippen molar-refractivity contribution in [1.29, 1.82) is 0 Å². The molecule has 2 amide bonds. The number of rotatable bonds is 6. The summed E-state index contributed by atoms with van der Waals surface area (Å²) in [5.74, 6) is 0.282. The molecular formula is C15H19ClN2O2. The van der Waals surface area contributed by atoms with E-state index in [1.165, 1.54) is 0 Å². The summed E-state index contributed by atoms with van der Waals surface area (Å²) in [6, 6.07) is 5.40. The van der Waals surface area contributed by atoms with Crippen molar-refractivity contribution in [2.24, 2.45) is 5.92 Å². The van der Waals surface area contributed by atoms with E-state index in [2.05, 4.69) is 10.6 Å². The minimum atomic E-state index is -0.0592. The second kappa shape index (κ2) is 6.75. The molecule has 5 heteroatoms. The van der Waals surface area contributed by atoms with Crippen molar-refractivity contribution < 1.29 is 9.59 Å². The molecule has 2 N–H and O–H groups in total. The average Bonchev–Trinajstić information content (AvgIpc) is 3.23. The molecule has 2 rings (SSSR count). The molecule has 0 heterocycles. The molecule has 1 aromatic carbocycles. The van der Waals surface area contributed by atoms with Gasteiger partial charge in [0.1, 0.15) is 0 Å². The van der Waals surface area contributed by atoms with Gasteiger partial charge >= 0.3 is 0 Å². The molecule has 20 heavy (non-hydrogen) atoms. The van der Waals surface area contributed by atoms with Crippen LogP contribution >= 0.6 is 11.6 Å². The standard InChI is InChI=1S/C15H19ClN2O2/c1-10-4-7-12(16)9-13(10)18-14(19)3-2-8-17-15(20)11-5-6-11/h4,7,9,11H,2-3,5-6,8H2,1H3,(H,17,20)(H,18,19). The summed E-state index contributed by atoms with van der Waals surface area (Å²) in [6.07, 6.45) is 3.03. The van der Waals surface area contributed by atoms with Crippen LogP contribution in [0.3, 0.4) is 0 Å². The minimum absolute atomic E-state index is 0.0592. The predicted octanol–water partition coefficient (Wildman–Crippen LogP) is 2.89. The van der Waals surface area contributed by atoms with Gasteiger partial charge in [0, 0.05) is 29.6 Å². The number of amides is 2. The number of carbonyl (C=O) groups excluding carboxylic acids is 2. The van der Waals surface area contributed by atoms with Gasteiger partial charge in [-0.05, 0) is 43.9 Å². The largest absolute Gasteiger partial charge is 0.356 e. The Kier molecular flexibility index (Phi) is 5.01. The van der Waals surface area contributed by atoms with Gasteiger partial charge in [0.15, 0.2) is 0 Å². The summed E-state index contributed by atoms with van der Waals surface area (Å²) in [6.45, 7) is 2.47. The molecule has 0 saturated heterocycles. The van der Waals surface area contributed by atoms with E-state index in [0.29, 0.717) is 24.4 Å². The van der Waals surface area contributed by atoms with E-state index in [9.17, 15) is 9.59 Å². The van der Waals surface area contributed by atoms with Crippen LogP contribution in [0.4, 0.5) is 5.69 Å². The Morgan fingerprint density at radius 1 is 1.35 bits per heavy atom. The number of halogens is 1. The van der Waals surface area contributed by atoms with E-state index in [1.807, 2.05) is 13.0 Å². The van der Waals surface area contributed by atoms with E-state index in [1.54, 1.807) is 12.1 Å². The zero-order valence-electron chi connectivity index (χ0n) is 11.5. The van der Waals surface area contributed by atoms with Crippen molar-refractivity contribution in [2.45, 2.75) is 32.6 Å². The molecule has 1 aliphatic rings. The first-order valence-corrected chi connectivity index (χ1v) is 7.28. The fourth-order valence-corrected chi connectivity index (χ4v) is 2.06. The van der Waals surface area contributed by atoms with Crippen molar-refractivity contribution in [3.63, 3.8) is 0 Å². The molecule has 1 fully saturated rings. The monoisotopic (exact) mass is 294 g/mol. The third-order valence-corrected chi connectivity index (χ3v) is 3.54. The molecule has 0 bridgehead atoms. The molecule has 0 atom stereocenters. The van der Waals surface area contributed by atoms with Crippen LogP contribution in [0.25, 0.3) is 0 Å². The highest BCUT2D eigenvalue weighted by molar-refractivity contribution is 6.31. The van der Waals surface area contributed by atoms with Crippen molar-refractivity contribution in [2.75, 3.05) is 11.9 Å². The Balaban J connectivity index is 1.69. The third-order valence-electron chi connectivity index (χ3n) is 3.30. The molecule has 108 valence electrons. The van der Waals surface area contributed by atoms with Crippen LogP contribution < -0.4 is 10.6 Å². The molecule has 0 radical (unpaired) electrons. The van der Waals surface area contributed by atoms with Crippen LogP contribution in [0.5, 0.6) is 0 Å². The number of benzene rings is 1. The number of anilines is 1. The predicted molar refractivity (Wildman–Crippen MR) is 79.8 cm³/mol. The van der Waals surface area contributed by atoms with Crippen molar-refractivity contribution in [3.8, 4) is 0 Å². The quantitative estimate of drug-likeness (QED) is 0.793. The first-order chi connectivity index (χ1) is 9.56.